The zero-order chi connectivity index (χ0) is 16.0. The molecule has 23 heavy (non-hydrogen) atoms. The summed E-state index contributed by atoms with van der Waals surface area (Å²) in [6, 6.07) is 14.0. The van der Waals surface area contributed by atoms with Gasteiger partial charge in [0.1, 0.15) is 6.07 Å². The fourth-order valence-corrected chi connectivity index (χ4v) is 4.21. The molecule has 2 aliphatic rings. The van der Waals surface area contributed by atoms with E-state index in [0.717, 1.165) is 17.7 Å². The average molecular weight is 341 g/mol. The minimum Gasteiger partial charge on any atom is -0.377 e. The molecule has 0 aromatic heterocycles. The third kappa shape index (κ3) is 2.24. The van der Waals surface area contributed by atoms with Crippen LogP contribution >= 0.6 is 23.2 Å². The summed E-state index contributed by atoms with van der Waals surface area (Å²) in [7, 11) is 0. The molecular weight excluding hydrogens is 327 g/mol. The van der Waals surface area contributed by atoms with Gasteiger partial charge in [0.05, 0.1) is 27.3 Å². The topological polar surface area (TPSA) is 35.8 Å². The Bertz CT molecular complexity index is 851. The standard InChI is InChI=1S/C19H14Cl2N2/c20-16-9-3-8-15(17(16)21)19-14-7-2-5-12(14)13-6-1-4-11(10-22)18(13)23-19/h1-6,8-9,12,14,19,23H,7H2/t12-,14-,19-/m1/s1. The Morgan fingerprint density at radius 3 is 2.70 bits per heavy atom. The maximum Gasteiger partial charge on any atom is 0.101 e. The number of allylic oxidation sites excluding steroid dienone is 2. The number of para-hydroxylation sites is 1. The van der Waals surface area contributed by atoms with Crippen LogP contribution in [0.15, 0.2) is 48.6 Å². The molecule has 0 bridgehead atoms. The number of nitrogens with zero attached hydrogens (tertiary/aromatic N) is 1. The summed E-state index contributed by atoms with van der Waals surface area (Å²) in [5.41, 5.74) is 3.78. The normalized spacial score (nSPS) is 24.5. The summed E-state index contributed by atoms with van der Waals surface area (Å²) in [5, 5.41) is 14.2. The van der Waals surface area contributed by atoms with Gasteiger partial charge in [-0.1, -0.05) is 59.6 Å². The van der Waals surface area contributed by atoms with Gasteiger partial charge >= 0.3 is 0 Å². The molecule has 2 nitrogen and oxygen atoms in total. The van der Waals surface area contributed by atoms with Crippen molar-refractivity contribution in [3.05, 3.63) is 75.3 Å². The highest BCUT2D eigenvalue weighted by Crippen LogP contribution is 2.51. The van der Waals surface area contributed by atoms with Crippen LogP contribution in [0, 0.1) is 17.2 Å². The molecule has 4 rings (SSSR count). The summed E-state index contributed by atoms with van der Waals surface area (Å²) in [5.74, 6) is 0.687. The second kappa shape index (κ2) is 5.60. The highest BCUT2D eigenvalue weighted by molar-refractivity contribution is 6.42. The first-order valence-corrected chi connectivity index (χ1v) is 8.36. The molecule has 0 unspecified atom stereocenters. The number of anilines is 1. The Kier molecular flexibility index (Phi) is 3.56. The van der Waals surface area contributed by atoms with Crippen molar-refractivity contribution in [2.45, 2.75) is 18.4 Å². The van der Waals surface area contributed by atoms with Crippen LogP contribution in [0.1, 0.15) is 35.1 Å². The van der Waals surface area contributed by atoms with Crippen molar-refractivity contribution in [3.63, 3.8) is 0 Å². The monoisotopic (exact) mass is 340 g/mol. The Morgan fingerprint density at radius 1 is 1.09 bits per heavy atom. The molecule has 4 heteroatoms. The zero-order valence-electron chi connectivity index (χ0n) is 12.3. The molecule has 1 aliphatic heterocycles. The first kappa shape index (κ1) is 14.6. The molecule has 3 atom stereocenters. The van der Waals surface area contributed by atoms with Crippen molar-refractivity contribution in [1.29, 1.82) is 5.26 Å². The van der Waals surface area contributed by atoms with Crippen molar-refractivity contribution in [2.24, 2.45) is 5.92 Å². The van der Waals surface area contributed by atoms with E-state index in [9.17, 15) is 5.26 Å². The molecular formula is C19H14Cl2N2. The van der Waals surface area contributed by atoms with E-state index in [1.54, 1.807) is 6.07 Å². The van der Waals surface area contributed by atoms with Crippen LogP contribution in [0.5, 0.6) is 0 Å². The van der Waals surface area contributed by atoms with Gasteiger partial charge in [-0.15, -0.1) is 0 Å². The SMILES string of the molecule is N#Cc1cccc2c1N[C@@H](c1cccc(Cl)c1Cl)[C@@H]1CC=C[C@H]21. The number of hydrogen-bond acceptors (Lipinski definition) is 2. The Balaban J connectivity index is 1.88. The van der Waals surface area contributed by atoms with Crippen LogP contribution in [0.3, 0.4) is 0 Å². The van der Waals surface area contributed by atoms with Gasteiger partial charge in [0.2, 0.25) is 0 Å². The van der Waals surface area contributed by atoms with Gasteiger partial charge in [0.25, 0.3) is 0 Å². The molecule has 2 aromatic rings. The largest absolute Gasteiger partial charge is 0.377 e. The minimum absolute atomic E-state index is 0.0446. The van der Waals surface area contributed by atoms with Crippen LogP contribution in [0.2, 0.25) is 10.0 Å². The van der Waals surface area contributed by atoms with Gasteiger partial charge in [-0.05, 0) is 35.6 Å². The second-order valence-electron chi connectivity index (χ2n) is 6.00. The number of nitrogens with one attached hydrogen (secondary N) is 1. The third-order valence-electron chi connectivity index (χ3n) is 4.83. The quantitative estimate of drug-likeness (QED) is 0.676. The number of hydrogen-bond donors (Lipinski definition) is 1. The van der Waals surface area contributed by atoms with Gasteiger partial charge in [-0.25, -0.2) is 0 Å². The number of nitriles is 1. The molecule has 114 valence electrons. The van der Waals surface area contributed by atoms with Crippen LogP contribution in [-0.4, -0.2) is 0 Å². The van der Waals surface area contributed by atoms with Crippen LogP contribution in [0.4, 0.5) is 5.69 Å². The van der Waals surface area contributed by atoms with Crippen molar-refractivity contribution in [3.8, 4) is 6.07 Å². The van der Waals surface area contributed by atoms with Crippen molar-refractivity contribution in [1.82, 2.24) is 0 Å². The van der Waals surface area contributed by atoms with Crippen molar-refractivity contribution in [2.75, 3.05) is 5.32 Å². The lowest BCUT2D eigenvalue weighted by atomic mass is 9.76. The predicted octanol–water partition coefficient (Wildman–Crippen LogP) is 5.69. The fourth-order valence-electron chi connectivity index (χ4n) is 3.78. The maximum atomic E-state index is 9.43. The number of fused-ring (bicyclic) bond motifs is 3. The molecule has 1 N–H and O–H groups in total. The molecule has 2 aromatic carbocycles. The molecule has 1 aliphatic carbocycles. The van der Waals surface area contributed by atoms with Crippen molar-refractivity contribution >= 4 is 28.9 Å². The third-order valence-corrected chi connectivity index (χ3v) is 5.67. The Hall–Kier alpha value is -1.95. The van der Waals surface area contributed by atoms with E-state index in [1.807, 2.05) is 24.3 Å². The fraction of sp³-hybridized carbons (Fsp3) is 0.211. The van der Waals surface area contributed by atoms with Gasteiger partial charge in [-0.3, -0.25) is 0 Å². The summed E-state index contributed by atoms with van der Waals surface area (Å²) in [6.07, 6.45) is 5.45. The van der Waals surface area contributed by atoms with Gasteiger partial charge in [-0.2, -0.15) is 5.26 Å². The lowest BCUT2D eigenvalue weighted by Gasteiger charge is -2.38. The molecule has 0 saturated carbocycles. The molecule has 0 amide bonds. The Morgan fingerprint density at radius 2 is 1.87 bits per heavy atom. The van der Waals surface area contributed by atoms with E-state index in [0.29, 0.717) is 27.4 Å². The van der Waals surface area contributed by atoms with E-state index in [1.165, 1.54) is 5.56 Å². The summed E-state index contributed by atoms with van der Waals surface area (Å²) < 4.78 is 0. The molecule has 0 saturated heterocycles. The number of benzene rings is 2. The number of halogens is 2. The molecule has 0 spiro atoms. The van der Waals surface area contributed by atoms with Gasteiger partial charge < -0.3 is 5.32 Å². The van der Waals surface area contributed by atoms with Crippen molar-refractivity contribution < 1.29 is 0 Å². The highest BCUT2D eigenvalue weighted by atomic mass is 35.5. The minimum atomic E-state index is 0.0446. The first-order chi connectivity index (χ1) is 11.2. The molecule has 1 heterocycles. The zero-order valence-corrected chi connectivity index (χ0v) is 13.8. The van der Waals surface area contributed by atoms with E-state index >= 15 is 0 Å². The second-order valence-corrected chi connectivity index (χ2v) is 6.79. The van der Waals surface area contributed by atoms with Crippen LogP contribution < -0.4 is 5.32 Å². The average Bonchev–Trinajstić information content (AvgIpc) is 3.06. The van der Waals surface area contributed by atoms with Crippen LogP contribution in [-0.2, 0) is 0 Å². The predicted molar refractivity (Wildman–Crippen MR) is 94.0 cm³/mol. The lowest BCUT2D eigenvalue weighted by Crippen LogP contribution is -2.29. The maximum absolute atomic E-state index is 9.43. The summed E-state index contributed by atoms with van der Waals surface area (Å²) in [6.45, 7) is 0. The van der Waals surface area contributed by atoms with E-state index in [2.05, 4.69) is 29.6 Å². The summed E-state index contributed by atoms with van der Waals surface area (Å²) >= 11 is 12.7. The summed E-state index contributed by atoms with van der Waals surface area (Å²) in [4.78, 5) is 0. The van der Waals surface area contributed by atoms with E-state index in [-0.39, 0.29) is 6.04 Å². The lowest BCUT2D eigenvalue weighted by molar-refractivity contribution is 0.425. The molecule has 0 radical (unpaired) electrons. The smallest absolute Gasteiger partial charge is 0.101 e. The van der Waals surface area contributed by atoms with Gasteiger partial charge in [0.15, 0.2) is 0 Å². The first-order valence-electron chi connectivity index (χ1n) is 7.61. The van der Waals surface area contributed by atoms with Gasteiger partial charge in [0, 0.05) is 5.92 Å². The highest BCUT2D eigenvalue weighted by Gasteiger charge is 2.39. The van der Waals surface area contributed by atoms with E-state index in [4.69, 9.17) is 23.2 Å². The molecule has 0 fully saturated rings. The number of rotatable bonds is 1. The van der Waals surface area contributed by atoms with Crippen LogP contribution in [0.25, 0.3) is 0 Å². The van der Waals surface area contributed by atoms with E-state index < -0.39 is 0 Å². The Labute approximate surface area is 145 Å².